The lowest BCUT2D eigenvalue weighted by Crippen LogP contribution is -2.14. The lowest BCUT2D eigenvalue weighted by molar-refractivity contribution is -0.145. The van der Waals surface area contributed by atoms with Gasteiger partial charge in [-0.25, -0.2) is 0 Å². The maximum Gasteiger partial charge on any atom is 0.305 e. The minimum atomic E-state index is -0.555. The van der Waals surface area contributed by atoms with E-state index in [9.17, 15) is 4.79 Å². The summed E-state index contributed by atoms with van der Waals surface area (Å²) in [5.41, 5.74) is 0. The predicted molar refractivity (Wildman–Crippen MR) is 64.3 cm³/mol. The van der Waals surface area contributed by atoms with E-state index in [1.165, 1.54) is 0 Å². The van der Waals surface area contributed by atoms with Gasteiger partial charge in [0, 0.05) is 19.6 Å². The van der Waals surface area contributed by atoms with Crippen molar-refractivity contribution in [1.82, 2.24) is 0 Å². The summed E-state index contributed by atoms with van der Waals surface area (Å²) >= 11 is 0. The van der Waals surface area contributed by atoms with Crippen molar-refractivity contribution >= 4 is 5.97 Å². The van der Waals surface area contributed by atoms with Crippen LogP contribution in [0.25, 0.3) is 0 Å². The van der Waals surface area contributed by atoms with E-state index in [-0.39, 0.29) is 12.6 Å². The summed E-state index contributed by atoms with van der Waals surface area (Å²) in [4.78, 5) is 10.4. The predicted octanol–water partition coefficient (Wildman–Crippen LogP) is 2.14. The SMILES string of the molecule is CCC(=O)OCC(C)O.CCCOCCC. The van der Waals surface area contributed by atoms with Crippen molar-refractivity contribution in [2.45, 2.75) is 53.1 Å². The second-order valence-corrected chi connectivity index (χ2v) is 3.50. The molecule has 0 aliphatic carbocycles. The van der Waals surface area contributed by atoms with Gasteiger partial charge in [-0.15, -0.1) is 0 Å². The van der Waals surface area contributed by atoms with Gasteiger partial charge in [-0.3, -0.25) is 4.79 Å². The summed E-state index contributed by atoms with van der Waals surface area (Å²) in [7, 11) is 0. The van der Waals surface area contributed by atoms with Gasteiger partial charge in [-0.05, 0) is 19.8 Å². The first-order chi connectivity index (χ1) is 7.58. The van der Waals surface area contributed by atoms with Crippen LogP contribution in [0.4, 0.5) is 0 Å². The van der Waals surface area contributed by atoms with Crippen LogP contribution in [0.2, 0.25) is 0 Å². The number of ether oxygens (including phenoxy) is 2. The molecule has 0 aromatic carbocycles. The lowest BCUT2D eigenvalue weighted by atomic mass is 10.4. The fraction of sp³-hybridized carbons (Fsp3) is 0.917. The third kappa shape index (κ3) is 19.0. The van der Waals surface area contributed by atoms with E-state index in [2.05, 4.69) is 18.6 Å². The van der Waals surface area contributed by atoms with Crippen molar-refractivity contribution in [3.8, 4) is 0 Å². The molecule has 0 saturated heterocycles. The zero-order valence-corrected chi connectivity index (χ0v) is 11.0. The molecule has 1 unspecified atom stereocenters. The van der Waals surface area contributed by atoms with Gasteiger partial charge in [-0.2, -0.15) is 0 Å². The molecule has 0 aromatic rings. The molecule has 0 rings (SSSR count). The fourth-order valence-corrected chi connectivity index (χ4v) is 0.706. The summed E-state index contributed by atoms with van der Waals surface area (Å²) in [6.45, 7) is 9.48. The van der Waals surface area contributed by atoms with Gasteiger partial charge >= 0.3 is 5.97 Å². The highest BCUT2D eigenvalue weighted by Gasteiger charge is 1.99. The van der Waals surface area contributed by atoms with E-state index in [0.29, 0.717) is 6.42 Å². The Bertz CT molecular complexity index is 142. The van der Waals surface area contributed by atoms with Crippen molar-refractivity contribution in [2.75, 3.05) is 19.8 Å². The van der Waals surface area contributed by atoms with Gasteiger partial charge in [-0.1, -0.05) is 20.8 Å². The summed E-state index contributed by atoms with van der Waals surface area (Å²) < 4.78 is 9.70. The van der Waals surface area contributed by atoms with Crippen LogP contribution in [0.5, 0.6) is 0 Å². The van der Waals surface area contributed by atoms with Crippen molar-refractivity contribution in [3.05, 3.63) is 0 Å². The molecule has 1 N–H and O–H groups in total. The molecule has 0 aromatic heterocycles. The molecular weight excluding hydrogens is 208 g/mol. The van der Waals surface area contributed by atoms with Crippen LogP contribution in [-0.4, -0.2) is 37.0 Å². The average Bonchev–Trinajstić information content (AvgIpc) is 2.27. The summed E-state index contributed by atoms with van der Waals surface area (Å²) in [5.74, 6) is -0.268. The van der Waals surface area contributed by atoms with Gasteiger partial charge in [0.25, 0.3) is 0 Å². The fourth-order valence-electron chi connectivity index (χ4n) is 0.706. The molecule has 0 aliphatic rings. The molecule has 0 spiro atoms. The van der Waals surface area contributed by atoms with Gasteiger partial charge in [0.05, 0.1) is 6.10 Å². The number of aliphatic hydroxyl groups is 1. The quantitative estimate of drug-likeness (QED) is 0.541. The Balaban J connectivity index is 0. The van der Waals surface area contributed by atoms with Crippen LogP contribution in [0.3, 0.4) is 0 Å². The van der Waals surface area contributed by atoms with E-state index >= 15 is 0 Å². The number of rotatable bonds is 7. The average molecular weight is 234 g/mol. The number of esters is 1. The molecule has 0 saturated carbocycles. The molecule has 1 atom stereocenters. The molecule has 4 nitrogen and oxygen atoms in total. The third-order valence-electron chi connectivity index (χ3n) is 1.47. The normalized spacial score (nSPS) is 11.3. The Hall–Kier alpha value is -0.610. The number of aliphatic hydroxyl groups excluding tert-OH is 1. The molecule has 16 heavy (non-hydrogen) atoms. The second kappa shape index (κ2) is 14.4. The number of carbonyl (C=O) groups is 1. The number of hydrogen-bond donors (Lipinski definition) is 1. The molecule has 0 aliphatic heterocycles. The van der Waals surface area contributed by atoms with Crippen molar-refractivity contribution < 1.29 is 19.4 Å². The molecule has 4 heteroatoms. The van der Waals surface area contributed by atoms with E-state index in [4.69, 9.17) is 9.84 Å². The van der Waals surface area contributed by atoms with Gasteiger partial charge < -0.3 is 14.6 Å². The third-order valence-corrected chi connectivity index (χ3v) is 1.47. The second-order valence-electron chi connectivity index (χ2n) is 3.50. The molecule has 0 amide bonds. The standard InChI is InChI=1S/C6H12O3.C6H14O/c1-3-6(8)9-4-5(2)7;1-3-5-7-6-4-2/h5,7H,3-4H2,1-2H3;3-6H2,1-2H3. The minimum Gasteiger partial charge on any atom is -0.463 e. The van der Waals surface area contributed by atoms with E-state index in [0.717, 1.165) is 26.1 Å². The summed E-state index contributed by atoms with van der Waals surface area (Å²) in [5, 5.41) is 8.62. The molecule has 0 radical (unpaired) electrons. The van der Waals surface area contributed by atoms with E-state index in [1.807, 2.05) is 0 Å². The topological polar surface area (TPSA) is 55.8 Å². The Kier molecular flexibility index (Phi) is 16.0. The van der Waals surface area contributed by atoms with Gasteiger partial charge in [0.2, 0.25) is 0 Å². The summed E-state index contributed by atoms with van der Waals surface area (Å²) in [6, 6.07) is 0. The van der Waals surface area contributed by atoms with Crippen LogP contribution in [0.1, 0.15) is 47.0 Å². The highest BCUT2D eigenvalue weighted by Crippen LogP contribution is 1.86. The Morgan fingerprint density at radius 2 is 1.69 bits per heavy atom. The van der Waals surface area contributed by atoms with Crippen LogP contribution in [0.15, 0.2) is 0 Å². The molecular formula is C12H26O4. The Morgan fingerprint density at radius 3 is 2.00 bits per heavy atom. The largest absolute Gasteiger partial charge is 0.463 e. The van der Waals surface area contributed by atoms with Gasteiger partial charge in [0.1, 0.15) is 6.61 Å². The number of hydrogen-bond acceptors (Lipinski definition) is 4. The molecule has 0 fully saturated rings. The molecule has 0 bridgehead atoms. The molecule has 98 valence electrons. The number of carbonyl (C=O) groups excluding carboxylic acids is 1. The van der Waals surface area contributed by atoms with Crippen LogP contribution >= 0.6 is 0 Å². The lowest BCUT2D eigenvalue weighted by Gasteiger charge is -2.03. The van der Waals surface area contributed by atoms with Crippen LogP contribution in [0, 0.1) is 0 Å². The maximum absolute atomic E-state index is 10.4. The van der Waals surface area contributed by atoms with Crippen LogP contribution < -0.4 is 0 Å². The van der Waals surface area contributed by atoms with E-state index in [1.54, 1.807) is 13.8 Å². The smallest absolute Gasteiger partial charge is 0.305 e. The van der Waals surface area contributed by atoms with Crippen molar-refractivity contribution in [3.63, 3.8) is 0 Å². The first-order valence-electron chi connectivity index (χ1n) is 5.99. The van der Waals surface area contributed by atoms with Crippen molar-refractivity contribution in [2.24, 2.45) is 0 Å². The first-order valence-corrected chi connectivity index (χ1v) is 5.99. The Labute approximate surface area is 98.9 Å². The monoisotopic (exact) mass is 234 g/mol. The van der Waals surface area contributed by atoms with Gasteiger partial charge in [0.15, 0.2) is 0 Å². The molecule has 0 heterocycles. The zero-order chi connectivity index (χ0) is 12.8. The van der Waals surface area contributed by atoms with E-state index < -0.39 is 6.10 Å². The minimum absolute atomic E-state index is 0.104. The zero-order valence-electron chi connectivity index (χ0n) is 11.0. The maximum atomic E-state index is 10.4. The Morgan fingerprint density at radius 1 is 1.19 bits per heavy atom. The highest BCUT2D eigenvalue weighted by molar-refractivity contribution is 5.68. The summed E-state index contributed by atoms with van der Waals surface area (Å²) in [6.07, 6.45) is 2.09. The van der Waals surface area contributed by atoms with Crippen molar-refractivity contribution in [1.29, 1.82) is 0 Å². The van der Waals surface area contributed by atoms with Crippen LogP contribution in [-0.2, 0) is 14.3 Å². The highest BCUT2D eigenvalue weighted by atomic mass is 16.5. The first kappa shape index (κ1) is 17.8.